The SMILES string of the molecule is COC(=O)c1ccc(C(F)(F)F)nc1N(C(=O)NS(=O)(=O)O)c1nc(OC)cc(OC)n1. The van der Waals surface area contributed by atoms with E-state index >= 15 is 0 Å². The molecule has 2 heterocycles. The second-order valence-electron chi connectivity index (χ2n) is 5.53. The number of methoxy groups -OCH3 is 3. The Bertz CT molecular complexity index is 1120. The number of anilines is 2. The van der Waals surface area contributed by atoms with Crippen LogP contribution < -0.4 is 19.1 Å². The van der Waals surface area contributed by atoms with Crippen LogP contribution in [0.5, 0.6) is 11.8 Å². The number of aromatic nitrogens is 3. The summed E-state index contributed by atoms with van der Waals surface area (Å²) in [7, 11) is -2.02. The molecule has 2 rings (SSSR count). The Morgan fingerprint density at radius 3 is 2.06 bits per heavy atom. The van der Waals surface area contributed by atoms with Crippen LogP contribution in [-0.2, 0) is 21.2 Å². The molecule has 13 nitrogen and oxygen atoms in total. The van der Waals surface area contributed by atoms with Crippen LogP contribution in [0.2, 0.25) is 0 Å². The van der Waals surface area contributed by atoms with Gasteiger partial charge in [-0.3, -0.25) is 4.55 Å². The molecule has 0 radical (unpaired) electrons. The van der Waals surface area contributed by atoms with Crippen molar-refractivity contribution >= 4 is 34.1 Å². The third-order valence-corrected chi connectivity index (χ3v) is 3.92. The van der Waals surface area contributed by atoms with E-state index in [0.29, 0.717) is 12.1 Å². The largest absolute Gasteiger partial charge is 0.481 e. The zero-order valence-corrected chi connectivity index (χ0v) is 17.2. The number of carbonyl (C=O) groups is 2. The number of nitrogens with one attached hydrogen (secondary N) is 1. The van der Waals surface area contributed by atoms with Gasteiger partial charge >= 0.3 is 28.5 Å². The summed E-state index contributed by atoms with van der Waals surface area (Å²) < 4.78 is 86.5. The van der Waals surface area contributed by atoms with Crippen molar-refractivity contribution in [3.05, 3.63) is 29.5 Å². The molecule has 0 fully saturated rings. The Balaban J connectivity index is 2.88. The van der Waals surface area contributed by atoms with Crippen molar-refractivity contribution in [3.8, 4) is 11.8 Å². The van der Waals surface area contributed by atoms with E-state index in [1.165, 1.54) is 0 Å². The second kappa shape index (κ2) is 9.18. The van der Waals surface area contributed by atoms with Gasteiger partial charge in [0.15, 0.2) is 5.82 Å². The fraction of sp³-hybridized carbons (Fsp3) is 0.267. The van der Waals surface area contributed by atoms with Crippen molar-refractivity contribution < 1.29 is 49.9 Å². The Morgan fingerprint density at radius 1 is 1.06 bits per heavy atom. The van der Waals surface area contributed by atoms with Gasteiger partial charge in [-0.1, -0.05) is 0 Å². The number of amides is 2. The third kappa shape index (κ3) is 5.70. The number of esters is 1. The molecule has 0 saturated heterocycles. The molecule has 0 aliphatic heterocycles. The van der Waals surface area contributed by atoms with E-state index in [1.807, 2.05) is 0 Å². The highest BCUT2D eigenvalue weighted by atomic mass is 32.2. The minimum atomic E-state index is -5.22. The minimum absolute atomic E-state index is 0.0836. The number of rotatable bonds is 6. The highest BCUT2D eigenvalue weighted by molar-refractivity contribution is 7.84. The zero-order chi connectivity index (χ0) is 24.3. The van der Waals surface area contributed by atoms with Crippen LogP contribution in [0, 0.1) is 0 Å². The lowest BCUT2D eigenvalue weighted by atomic mass is 10.2. The average molecular weight is 481 g/mol. The lowest BCUT2D eigenvalue weighted by Gasteiger charge is -2.22. The first-order valence-electron chi connectivity index (χ1n) is 8.03. The van der Waals surface area contributed by atoms with Crippen molar-refractivity contribution in [1.29, 1.82) is 0 Å². The molecule has 0 unspecified atom stereocenters. The van der Waals surface area contributed by atoms with Gasteiger partial charge in [-0.2, -0.15) is 31.6 Å². The molecule has 0 aliphatic carbocycles. The van der Waals surface area contributed by atoms with Crippen LogP contribution in [0.15, 0.2) is 18.2 Å². The molecule has 0 saturated carbocycles. The van der Waals surface area contributed by atoms with Crippen LogP contribution in [0.3, 0.4) is 0 Å². The molecule has 0 aromatic carbocycles. The van der Waals surface area contributed by atoms with Crippen molar-refractivity contribution in [1.82, 2.24) is 19.7 Å². The molecular formula is C15H14F3N5O8S. The Kier molecular flexibility index (Phi) is 7.04. The summed E-state index contributed by atoms with van der Waals surface area (Å²) in [6.45, 7) is 0. The van der Waals surface area contributed by atoms with E-state index in [-0.39, 0.29) is 16.7 Å². The van der Waals surface area contributed by atoms with E-state index in [9.17, 15) is 31.2 Å². The highest BCUT2D eigenvalue weighted by Crippen LogP contribution is 2.33. The van der Waals surface area contributed by atoms with E-state index in [1.54, 1.807) is 0 Å². The van der Waals surface area contributed by atoms with Crippen molar-refractivity contribution in [2.24, 2.45) is 0 Å². The number of ether oxygens (including phenoxy) is 3. The Labute approximate surface area is 178 Å². The molecule has 0 bridgehead atoms. The number of urea groups is 1. The van der Waals surface area contributed by atoms with Crippen LogP contribution >= 0.6 is 0 Å². The number of nitrogens with zero attached hydrogens (tertiary/aromatic N) is 4. The topological polar surface area (TPSA) is 170 Å². The highest BCUT2D eigenvalue weighted by Gasteiger charge is 2.37. The number of carbonyl (C=O) groups excluding carboxylic acids is 2. The number of hydrogen-bond acceptors (Lipinski definition) is 10. The monoisotopic (exact) mass is 481 g/mol. The van der Waals surface area contributed by atoms with Crippen LogP contribution in [0.1, 0.15) is 16.1 Å². The number of alkyl halides is 3. The summed E-state index contributed by atoms with van der Waals surface area (Å²) in [5.41, 5.74) is -2.25. The first kappa shape index (κ1) is 24.5. The molecule has 2 aromatic rings. The van der Waals surface area contributed by atoms with Crippen molar-refractivity contribution in [2.75, 3.05) is 26.2 Å². The van der Waals surface area contributed by atoms with Gasteiger partial charge in [0.1, 0.15) is 11.3 Å². The first-order valence-corrected chi connectivity index (χ1v) is 9.47. The second-order valence-corrected chi connectivity index (χ2v) is 6.68. The summed E-state index contributed by atoms with van der Waals surface area (Å²) in [4.78, 5) is 35.6. The maximum atomic E-state index is 13.3. The average Bonchev–Trinajstić information content (AvgIpc) is 2.71. The number of pyridine rings is 1. The van der Waals surface area contributed by atoms with Gasteiger partial charge < -0.3 is 14.2 Å². The number of hydrogen-bond donors (Lipinski definition) is 2. The van der Waals surface area contributed by atoms with E-state index in [2.05, 4.69) is 19.7 Å². The minimum Gasteiger partial charge on any atom is -0.481 e. The molecule has 0 spiro atoms. The van der Waals surface area contributed by atoms with Gasteiger partial charge in [0.25, 0.3) is 0 Å². The van der Waals surface area contributed by atoms with Gasteiger partial charge in [0.2, 0.25) is 17.7 Å². The molecular weight excluding hydrogens is 467 g/mol. The summed E-state index contributed by atoms with van der Waals surface area (Å²) >= 11 is 0. The predicted octanol–water partition coefficient (Wildman–Crippen LogP) is 1.34. The summed E-state index contributed by atoms with van der Waals surface area (Å²) in [5.74, 6) is -3.64. The molecule has 32 heavy (non-hydrogen) atoms. The molecule has 2 amide bonds. The normalized spacial score (nSPS) is 11.5. The van der Waals surface area contributed by atoms with Crippen LogP contribution in [-0.4, -0.2) is 61.3 Å². The van der Waals surface area contributed by atoms with Crippen LogP contribution in [0.4, 0.5) is 29.7 Å². The van der Waals surface area contributed by atoms with E-state index < -0.39 is 51.5 Å². The summed E-state index contributed by atoms with van der Waals surface area (Å²) in [6.07, 6.45) is -5.03. The molecule has 0 aliphatic rings. The van der Waals surface area contributed by atoms with Crippen molar-refractivity contribution in [2.45, 2.75) is 6.18 Å². The molecule has 17 heteroatoms. The molecule has 174 valence electrons. The van der Waals surface area contributed by atoms with E-state index in [4.69, 9.17) is 14.0 Å². The molecule has 0 atom stereocenters. The van der Waals surface area contributed by atoms with Gasteiger partial charge in [0, 0.05) is 0 Å². The van der Waals surface area contributed by atoms with E-state index in [0.717, 1.165) is 32.1 Å². The van der Waals surface area contributed by atoms with Crippen molar-refractivity contribution in [3.63, 3.8) is 0 Å². The fourth-order valence-corrected chi connectivity index (χ4v) is 2.50. The Morgan fingerprint density at radius 2 is 1.62 bits per heavy atom. The quantitative estimate of drug-likeness (QED) is 0.451. The van der Waals surface area contributed by atoms with Gasteiger partial charge in [-0.15, -0.1) is 0 Å². The molecule has 2 N–H and O–H groups in total. The predicted molar refractivity (Wildman–Crippen MR) is 97.9 cm³/mol. The fourth-order valence-electron chi connectivity index (χ4n) is 2.19. The summed E-state index contributed by atoms with van der Waals surface area (Å²) in [5, 5.41) is 0. The summed E-state index contributed by atoms with van der Waals surface area (Å²) in [6, 6.07) is 0.409. The standard InChI is InChI=1S/C15H14F3N5O8S/c1-29-9-6-10(30-2)21-13(20-9)23(14(25)22-32(26,27)28)11-7(12(24)31-3)4-5-8(19-11)15(16,17)18/h4-6H,1-3H3,(H,22,25)(H,26,27,28). The molecule has 2 aromatic heterocycles. The van der Waals surface area contributed by atoms with Gasteiger partial charge in [-0.25, -0.2) is 24.2 Å². The zero-order valence-electron chi connectivity index (χ0n) is 16.4. The maximum Gasteiger partial charge on any atom is 0.433 e. The smallest absolute Gasteiger partial charge is 0.433 e. The Hall–Kier alpha value is -3.73. The lowest BCUT2D eigenvalue weighted by molar-refractivity contribution is -0.141. The van der Waals surface area contributed by atoms with Crippen LogP contribution in [0.25, 0.3) is 0 Å². The lowest BCUT2D eigenvalue weighted by Crippen LogP contribution is -2.42. The first-order chi connectivity index (χ1) is 14.8. The third-order valence-electron chi connectivity index (χ3n) is 3.49. The van der Waals surface area contributed by atoms with Gasteiger partial charge in [-0.05, 0) is 12.1 Å². The van der Waals surface area contributed by atoms with Gasteiger partial charge in [0.05, 0.1) is 27.4 Å². The number of halogens is 3. The maximum absolute atomic E-state index is 13.3.